The highest BCUT2D eigenvalue weighted by atomic mass is 16.5. The van der Waals surface area contributed by atoms with E-state index in [9.17, 15) is 4.79 Å². The number of ether oxygens (including phenoxy) is 3. The lowest BCUT2D eigenvalue weighted by Gasteiger charge is -2.13. The Morgan fingerprint density at radius 2 is 1.85 bits per heavy atom. The van der Waals surface area contributed by atoms with Crippen LogP contribution in [0.25, 0.3) is 0 Å². The molecule has 0 saturated carbocycles. The third-order valence-corrected chi connectivity index (χ3v) is 3.52. The summed E-state index contributed by atoms with van der Waals surface area (Å²) >= 11 is 0. The zero-order valence-corrected chi connectivity index (χ0v) is 15.6. The molecule has 0 radical (unpaired) electrons. The minimum absolute atomic E-state index is 0.126. The molecule has 0 fully saturated rings. The quantitative estimate of drug-likeness (QED) is 0.440. The Labute approximate surface area is 160 Å². The molecule has 27 heavy (non-hydrogen) atoms. The minimum Gasteiger partial charge on any atom is -0.490 e. The fraction of sp³-hybridized carbons (Fsp3) is 0.286. The molecular formula is C21H26N2O4. The van der Waals surface area contributed by atoms with Gasteiger partial charge < -0.3 is 24.8 Å². The number of carbonyl (C=O) groups is 1. The van der Waals surface area contributed by atoms with Crippen molar-refractivity contribution in [3.8, 4) is 11.5 Å². The third kappa shape index (κ3) is 7.42. The largest absolute Gasteiger partial charge is 0.490 e. The van der Waals surface area contributed by atoms with Crippen molar-refractivity contribution in [1.29, 1.82) is 0 Å². The molecule has 0 spiro atoms. The standard InChI is InChI=1S/C21H26N2O4/c1-3-13-26-18-11-9-17(10-12-18)23-21(24)16-22-19-7-5-6-8-20(19)27-15-14-25-4-2/h3,5-12,22H,1,4,13-16H2,2H3,(H,23,24). The second-order valence-electron chi connectivity index (χ2n) is 5.57. The Morgan fingerprint density at radius 1 is 1.07 bits per heavy atom. The number of para-hydroxylation sites is 2. The Kier molecular flexibility index (Phi) is 8.73. The summed E-state index contributed by atoms with van der Waals surface area (Å²) in [6.45, 7) is 7.76. The Bertz CT molecular complexity index is 716. The lowest BCUT2D eigenvalue weighted by atomic mass is 10.3. The molecule has 2 aromatic carbocycles. The normalized spacial score (nSPS) is 10.1. The second-order valence-corrected chi connectivity index (χ2v) is 5.57. The highest BCUT2D eigenvalue weighted by molar-refractivity contribution is 5.94. The van der Waals surface area contributed by atoms with Crippen molar-refractivity contribution < 1.29 is 19.0 Å². The van der Waals surface area contributed by atoms with Gasteiger partial charge in [0.1, 0.15) is 24.7 Å². The van der Waals surface area contributed by atoms with Crippen molar-refractivity contribution in [2.24, 2.45) is 0 Å². The summed E-state index contributed by atoms with van der Waals surface area (Å²) in [5.74, 6) is 1.26. The van der Waals surface area contributed by atoms with Gasteiger partial charge >= 0.3 is 0 Å². The minimum atomic E-state index is -0.154. The summed E-state index contributed by atoms with van der Waals surface area (Å²) in [7, 11) is 0. The molecular weight excluding hydrogens is 344 g/mol. The van der Waals surface area contributed by atoms with Crippen LogP contribution in [0.1, 0.15) is 6.92 Å². The molecule has 0 aliphatic carbocycles. The number of rotatable bonds is 12. The van der Waals surface area contributed by atoms with Crippen LogP contribution < -0.4 is 20.1 Å². The summed E-state index contributed by atoms with van der Waals surface area (Å²) < 4.78 is 16.4. The summed E-state index contributed by atoms with van der Waals surface area (Å²) in [6.07, 6.45) is 1.68. The number of hydrogen-bond donors (Lipinski definition) is 2. The molecule has 0 aliphatic heterocycles. The molecule has 1 amide bonds. The smallest absolute Gasteiger partial charge is 0.243 e. The fourth-order valence-electron chi connectivity index (χ4n) is 2.26. The van der Waals surface area contributed by atoms with E-state index in [1.807, 2.05) is 31.2 Å². The number of carbonyl (C=O) groups excluding carboxylic acids is 1. The monoisotopic (exact) mass is 370 g/mol. The van der Waals surface area contributed by atoms with E-state index < -0.39 is 0 Å². The Morgan fingerprint density at radius 3 is 2.59 bits per heavy atom. The fourth-order valence-corrected chi connectivity index (χ4v) is 2.26. The van der Waals surface area contributed by atoms with E-state index in [-0.39, 0.29) is 12.5 Å². The van der Waals surface area contributed by atoms with Crippen LogP contribution >= 0.6 is 0 Å². The van der Waals surface area contributed by atoms with Crippen molar-refractivity contribution in [1.82, 2.24) is 0 Å². The van der Waals surface area contributed by atoms with Crippen LogP contribution in [0.4, 0.5) is 11.4 Å². The highest BCUT2D eigenvalue weighted by Gasteiger charge is 2.06. The van der Waals surface area contributed by atoms with Gasteiger partial charge in [0.05, 0.1) is 18.8 Å². The molecule has 2 rings (SSSR count). The molecule has 0 atom stereocenters. The molecule has 6 nitrogen and oxygen atoms in total. The van der Waals surface area contributed by atoms with Gasteiger partial charge in [0, 0.05) is 12.3 Å². The van der Waals surface area contributed by atoms with Crippen molar-refractivity contribution in [2.45, 2.75) is 6.92 Å². The van der Waals surface area contributed by atoms with Gasteiger partial charge in [0.2, 0.25) is 5.91 Å². The predicted molar refractivity (Wildman–Crippen MR) is 108 cm³/mol. The van der Waals surface area contributed by atoms with Crippen molar-refractivity contribution in [3.63, 3.8) is 0 Å². The van der Waals surface area contributed by atoms with Gasteiger partial charge in [-0.15, -0.1) is 0 Å². The second kappa shape index (κ2) is 11.6. The van der Waals surface area contributed by atoms with Crippen molar-refractivity contribution >= 4 is 17.3 Å². The molecule has 0 bridgehead atoms. The molecule has 0 aliphatic rings. The summed E-state index contributed by atoms with van der Waals surface area (Å²) in [6, 6.07) is 14.7. The van der Waals surface area contributed by atoms with Gasteiger partial charge in [-0.05, 0) is 43.3 Å². The zero-order chi connectivity index (χ0) is 19.3. The lowest BCUT2D eigenvalue weighted by molar-refractivity contribution is -0.114. The average Bonchev–Trinajstić information content (AvgIpc) is 2.70. The molecule has 0 unspecified atom stereocenters. The van der Waals surface area contributed by atoms with Gasteiger partial charge in [-0.2, -0.15) is 0 Å². The van der Waals surface area contributed by atoms with E-state index in [0.717, 1.165) is 11.4 Å². The van der Waals surface area contributed by atoms with Crippen LogP contribution in [0, 0.1) is 0 Å². The molecule has 0 heterocycles. The molecule has 2 aromatic rings. The van der Waals surface area contributed by atoms with Crippen LogP contribution in [0.3, 0.4) is 0 Å². The number of benzene rings is 2. The van der Waals surface area contributed by atoms with E-state index in [1.54, 1.807) is 30.3 Å². The van der Waals surface area contributed by atoms with Crippen LogP contribution in [0.2, 0.25) is 0 Å². The summed E-state index contributed by atoms with van der Waals surface area (Å²) in [5.41, 5.74) is 1.46. The van der Waals surface area contributed by atoms with Crippen molar-refractivity contribution in [3.05, 3.63) is 61.2 Å². The maximum absolute atomic E-state index is 12.2. The summed E-state index contributed by atoms with van der Waals surface area (Å²) in [5, 5.41) is 5.94. The van der Waals surface area contributed by atoms with Crippen LogP contribution in [0.5, 0.6) is 11.5 Å². The van der Waals surface area contributed by atoms with E-state index in [0.29, 0.717) is 37.9 Å². The van der Waals surface area contributed by atoms with Crippen LogP contribution in [0.15, 0.2) is 61.2 Å². The highest BCUT2D eigenvalue weighted by Crippen LogP contribution is 2.23. The van der Waals surface area contributed by atoms with E-state index in [2.05, 4.69) is 17.2 Å². The van der Waals surface area contributed by atoms with Crippen LogP contribution in [-0.4, -0.2) is 38.9 Å². The van der Waals surface area contributed by atoms with Gasteiger partial charge in [-0.25, -0.2) is 0 Å². The van der Waals surface area contributed by atoms with E-state index in [1.165, 1.54) is 0 Å². The first-order chi connectivity index (χ1) is 13.2. The van der Waals surface area contributed by atoms with E-state index in [4.69, 9.17) is 14.2 Å². The van der Waals surface area contributed by atoms with Gasteiger partial charge in [-0.1, -0.05) is 24.8 Å². The zero-order valence-electron chi connectivity index (χ0n) is 15.6. The maximum Gasteiger partial charge on any atom is 0.243 e. The summed E-state index contributed by atoms with van der Waals surface area (Å²) in [4.78, 5) is 12.2. The Balaban J connectivity index is 1.82. The maximum atomic E-state index is 12.2. The third-order valence-electron chi connectivity index (χ3n) is 3.52. The first-order valence-electron chi connectivity index (χ1n) is 8.90. The number of nitrogens with one attached hydrogen (secondary N) is 2. The molecule has 2 N–H and O–H groups in total. The number of anilines is 2. The SMILES string of the molecule is C=CCOc1ccc(NC(=O)CNc2ccccc2OCCOCC)cc1. The van der Waals surface area contributed by atoms with Crippen LogP contribution in [-0.2, 0) is 9.53 Å². The lowest BCUT2D eigenvalue weighted by Crippen LogP contribution is -2.22. The predicted octanol–water partition coefficient (Wildman–Crippen LogP) is 3.72. The topological polar surface area (TPSA) is 68.8 Å². The molecule has 0 aromatic heterocycles. The molecule has 6 heteroatoms. The number of amides is 1. The van der Waals surface area contributed by atoms with E-state index >= 15 is 0 Å². The van der Waals surface area contributed by atoms with Gasteiger partial charge in [0.25, 0.3) is 0 Å². The average molecular weight is 370 g/mol. The van der Waals surface area contributed by atoms with Gasteiger partial charge in [0.15, 0.2) is 0 Å². The molecule has 0 saturated heterocycles. The molecule has 144 valence electrons. The van der Waals surface area contributed by atoms with Gasteiger partial charge in [-0.3, -0.25) is 4.79 Å². The number of hydrogen-bond acceptors (Lipinski definition) is 5. The Hall–Kier alpha value is -2.99. The first kappa shape index (κ1) is 20.3. The first-order valence-corrected chi connectivity index (χ1v) is 8.90. The van der Waals surface area contributed by atoms with Crippen molar-refractivity contribution in [2.75, 3.05) is 43.6 Å².